The molecule has 0 saturated heterocycles. The normalized spacial score (nSPS) is 19.5. The Morgan fingerprint density at radius 2 is 2.00 bits per heavy atom. The lowest BCUT2D eigenvalue weighted by Gasteiger charge is -2.38. The highest BCUT2D eigenvalue weighted by Gasteiger charge is 2.35. The van der Waals surface area contributed by atoms with Gasteiger partial charge in [-0.1, -0.05) is 37.1 Å². The number of carbonyl (C=O) groups is 1. The number of sulfonamides is 1. The molecule has 1 heterocycles. The molecule has 1 aliphatic heterocycles. The van der Waals surface area contributed by atoms with Gasteiger partial charge >= 0.3 is 0 Å². The highest BCUT2D eigenvalue weighted by atomic mass is 35.5. The molecule has 126 valence electrons. The van der Waals surface area contributed by atoms with Crippen LogP contribution in [0.2, 0.25) is 5.02 Å². The average Bonchev–Trinajstić information content (AvgIpc) is 2.51. The second-order valence-corrected chi connectivity index (χ2v) is 7.80. The van der Waals surface area contributed by atoms with Crippen molar-refractivity contribution in [1.29, 1.82) is 0 Å². The van der Waals surface area contributed by atoms with E-state index < -0.39 is 16.2 Å². The molecule has 6 nitrogen and oxygen atoms in total. The zero-order valence-corrected chi connectivity index (χ0v) is 14.7. The predicted molar refractivity (Wildman–Crippen MR) is 91.0 cm³/mol. The molecule has 0 saturated carbocycles. The van der Waals surface area contributed by atoms with E-state index in [1.165, 1.54) is 4.31 Å². The Balaban J connectivity index is 2.42. The van der Waals surface area contributed by atoms with Crippen molar-refractivity contribution in [2.45, 2.75) is 25.9 Å². The van der Waals surface area contributed by atoms with Crippen molar-refractivity contribution in [3.8, 4) is 0 Å². The number of benzene rings is 1. The van der Waals surface area contributed by atoms with Gasteiger partial charge in [0.05, 0.1) is 18.5 Å². The Morgan fingerprint density at radius 1 is 1.35 bits per heavy atom. The Morgan fingerprint density at radius 3 is 2.52 bits per heavy atom. The predicted octanol–water partition coefficient (Wildman–Crippen LogP) is 1.95. The molecule has 0 aliphatic carbocycles. The van der Waals surface area contributed by atoms with E-state index in [-0.39, 0.29) is 6.54 Å². The Bertz CT molecular complexity index is 688. The van der Waals surface area contributed by atoms with Gasteiger partial charge < -0.3 is 0 Å². The second kappa shape index (κ2) is 7.42. The fourth-order valence-electron chi connectivity index (χ4n) is 2.38. The molecule has 0 spiro atoms. The number of rotatable bonds is 6. The molecule has 0 radical (unpaired) electrons. The fourth-order valence-corrected chi connectivity index (χ4v) is 3.41. The Labute approximate surface area is 141 Å². The number of nitrogens with zero attached hydrogens (tertiary/aromatic N) is 3. The maximum Gasteiger partial charge on any atom is 0.213 e. The molecule has 0 N–H and O–H groups in total. The van der Waals surface area contributed by atoms with Crippen molar-refractivity contribution in [2.75, 3.05) is 19.3 Å². The van der Waals surface area contributed by atoms with Crippen LogP contribution in [0.15, 0.2) is 29.4 Å². The van der Waals surface area contributed by atoms with Gasteiger partial charge in [-0.25, -0.2) is 8.42 Å². The summed E-state index contributed by atoms with van der Waals surface area (Å²) in [7, 11) is -3.54. The minimum Gasteiger partial charge on any atom is -0.299 e. The van der Waals surface area contributed by atoms with Crippen LogP contribution in [-0.2, 0) is 14.8 Å². The van der Waals surface area contributed by atoms with Crippen LogP contribution in [0.3, 0.4) is 0 Å². The summed E-state index contributed by atoms with van der Waals surface area (Å²) < 4.78 is 25.3. The second-order valence-electron chi connectivity index (χ2n) is 5.43. The van der Waals surface area contributed by atoms with Crippen molar-refractivity contribution in [1.82, 2.24) is 9.31 Å². The number of unbranched alkanes of at least 4 members (excludes halogenated alkanes) is 1. The number of halogens is 1. The van der Waals surface area contributed by atoms with Crippen LogP contribution >= 0.6 is 11.6 Å². The minimum absolute atomic E-state index is 0.0620. The average molecular weight is 358 g/mol. The van der Waals surface area contributed by atoms with E-state index in [1.807, 2.05) is 6.92 Å². The standard InChI is InChI=1S/C15H20ClN3O3S/c1-3-4-9-18-15(11-20)19(23(2,21)22)10-14(17-18)12-5-7-13(16)8-6-12/h5-8,11,15H,3-4,9-10H2,1-2H3. The first-order chi connectivity index (χ1) is 10.9. The number of carbonyl (C=O) groups excluding carboxylic acids is 1. The van der Waals surface area contributed by atoms with E-state index >= 15 is 0 Å². The van der Waals surface area contributed by atoms with Crippen LogP contribution in [0.1, 0.15) is 25.3 Å². The molecule has 1 aromatic carbocycles. The Hall–Kier alpha value is -1.44. The van der Waals surface area contributed by atoms with E-state index in [4.69, 9.17) is 11.6 Å². The van der Waals surface area contributed by atoms with Crippen LogP contribution < -0.4 is 0 Å². The lowest BCUT2D eigenvalue weighted by Crippen LogP contribution is -2.55. The molecule has 1 unspecified atom stereocenters. The van der Waals surface area contributed by atoms with Crippen LogP contribution in [0.4, 0.5) is 0 Å². The number of hydrogen-bond acceptors (Lipinski definition) is 5. The maximum atomic E-state index is 12.1. The quantitative estimate of drug-likeness (QED) is 0.729. The molecule has 0 aromatic heterocycles. The van der Waals surface area contributed by atoms with Crippen molar-refractivity contribution >= 4 is 33.6 Å². The van der Waals surface area contributed by atoms with E-state index in [0.29, 0.717) is 23.6 Å². The molecule has 1 aliphatic rings. The molecule has 23 heavy (non-hydrogen) atoms. The first-order valence-electron chi connectivity index (χ1n) is 7.39. The monoisotopic (exact) mass is 357 g/mol. The summed E-state index contributed by atoms with van der Waals surface area (Å²) in [6.45, 7) is 2.60. The molecule has 8 heteroatoms. The lowest BCUT2D eigenvalue weighted by molar-refractivity contribution is -0.116. The van der Waals surface area contributed by atoms with Gasteiger partial charge in [0.25, 0.3) is 0 Å². The van der Waals surface area contributed by atoms with Crippen molar-refractivity contribution in [3.05, 3.63) is 34.9 Å². The molecule has 0 bridgehead atoms. The first kappa shape index (κ1) is 17.9. The van der Waals surface area contributed by atoms with Crippen LogP contribution in [0, 0.1) is 0 Å². The van der Waals surface area contributed by atoms with Gasteiger partial charge in [0.2, 0.25) is 10.0 Å². The van der Waals surface area contributed by atoms with Gasteiger partial charge in [0.1, 0.15) is 0 Å². The van der Waals surface area contributed by atoms with Crippen LogP contribution in [0.25, 0.3) is 0 Å². The van der Waals surface area contributed by atoms with E-state index in [2.05, 4.69) is 5.10 Å². The highest BCUT2D eigenvalue weighted by Crippen LogP contribution is 2.20. The number of hydrogen-bond donors (Lipinski definition) is 0. The molecular formula is C15H20ClN3O3S. The highest BCUT2D eigenvalue weighted by molar-refractivity contribution is 7.88. The van der Waals surface area contributed by atoms with Crippen molar-refractivity contribution in [2.24, 2.45) is 5.10 Å². The Kier molecular flexibility index (Phi) is 5.78. The molecular weight excluding hydrogens is 338 g/mol. The molecule has 1 atom stereocenters. The summed E-state index contributed by atoms with van der Waals surface area (Å²) in [5.41, 5.74) is 1.38. The zero-order valence-electron chi connectivity index (χ0n) is 13.1. The van der Waals surface area contributed by atoms with E-state index in [0.717, 1.165) is 24.7 Å². The van der Waals surface area contributed by atoms with Gasteiger partial charge in [-0.3, -0.25) is 9.80 Å². The van der Waals surface area contributed by atoms with Gasteiger partial charge in [0.15, 0.2) is 12.5 Å². The van der Waals surface area contributed by atoms with Gasteiger partial charge in [0, 0.05) is 11.6 Å². The summed E-state index contributed by atoms with van der Waals surface area (Å²) in [5.74, 6) is 0. The van der Waals surface area contributed by atoms with Gasteiger partial charge in [-0.15, -0.1) is 0 Å². The SMILES string of the molecule is CCCCN1N=C(c2ccc(Cl)cc2)CN(S(C)(=O)=O)C1C=O. The van der Waals surface area contributed by atoms with E-state index in [1.54, 1.807) is 29.3 Å². The molecule has 0 amide bonds. The van der Waals surface area contributed by atoms with Crippen molar-refractivity contribution in [3.63, 3.8) is 0 Å². The summed E-state index contributed by atoms with van der Waals surface area (Å²) in [5, 5.41) is 6.65. The molecule has 2 rings (SSSR count). The summed E-state index contributed by atoms with van der Waals surface area (Å²) in [6, 6.07) is 7.04. The van der Waals surface area contributed by atoms with Gasteiger partial charge in [-0.2, -0.15) is 9.41 Å². The molecule has 0 fully saturated rings. The van der Waals surface area contributed by atoms with Gasteiger partial charge in [-0.05, 0) is 24.1 Å². The smallest absolute Gasteiger partial charge is 0.213 e. The topological polar surface area (TPSA) is 70.0 Å². The lowest BCUT2D eigenvalue weighted by atomic mass is 10.1. The third-order valence-electron chi connectivity index (χ3n) is 3.62. The fraction of sp³-hybridized carbons (Fsp3) is 0.467. The third kappa shape index (κ3) is 4.31. The summed E-state index contributed by atoms with van der Waals surface area (Å²) in [6.07, 6.45) is 2.57. The number of hydrazone groups is 1. The summed E-state index contributed by atoms with van der Waals surface area (Å²) in [4.78, 5) is 11.4. The number of aldehydes is 1. The molecule has 1 aromatic rings. The zero-order chi connectivity index (χ0) is 17.0. The van der Waals surface area contributed by atoms with Crippen molar-refractivity contribution < 1.29 is 13.2 Å². The summed E-state index contributed by atoms with van der Waals surface area (Å²) >= 11 is 5.89. The third-order valence-corrected chi connectivity index (χ3v) is 5.07. The largest absolute Gasteiger partial charge is 0.299 e. The maximum absolute atomic E-state index is 12.1. The first-order valence-corrected chi connectivity index (χ1v) is 9.61. The minimum atomic E-state index is -3.54. The van der Waals surface area contributed by atoms with E-state index in [9.17, 15) is 13.2 Å². The van der Waals surface area contributed by atoms with Crippen LogP contribution in [-0.4, -0.2) is 55.2 Å². The van der Waals surface area contributed by atoms with Crippen LogP contribution in [0.5, 0.6) is 0 Å².